The highest BCUT2D eigenvalue weighted by molar-refractivity contribution is 4.86. The Hall–Kier alpha value is 0. The third-order valence-corrected chi connectivity index (χ3v) is 6.92. The van der Waals surface area contributed by atoms with Crippen LogP contribution in [-0.4, -0.2) is 0 Å². The molecular weight excluding hydrogens is 228 g/mol. The minimum atomic E-state index is 0.948. The standard InChI is InChI=1S/C19H36/c1-12-7-15(4)17(6)19(8-12)11-18-10-14(3)13(2)9-16(18)5/h12-19H,7-11H2,1-6H3. The lowest BCUT2D eigenvalue weighted by atomic mass is 9.62. The SMILES string of the molecule is CC1CC(C)C(C)C(CC2CC(C)C(C)CC2C)C1. The molecule has 0 aromatic heterocycles. The second-order valence-corrected chi connectivity index (χ2v) is 8.57. The molecule has 0 radical (unpaired) electrons. The van der Waals surface area contributed by atoms with E-state index in [1.807, 2.05) is 0 Å². The molecule has 2 fully saturated rings. The molecule has 0 nitrogen and oxygen atoms in total. The van der Waals surface area contributed by atoms with Gasteiger partial charge in [-0.2, -0.15) is 0 Å². The fourth-order valence-corrected chi connectivity index (χ4v) is 5.12. The van der Waals surface area contributed by atoms with Gasteiger partial charge < -0.3 is 0 Å². The lowest BCUT2D eigenvalue weighted by molar-refractivity contribution is 0.0686. The molecule has 112 valence electrons. The van der Waals surface area contributed by atoms with E-state index in [2.05, 4.69) is 41.5 Å². The molecule has 19 heavy (non-hydrogen) atoms. The molecular formula is C19H36. The van der Waals surface area contributed by atoms with E-state index >= 15 is 0 Å². The van der Waals surface area contributed by atoms with Gasteiger partial charge in [0.15, 0.2) is 0 Å². The summed E-state index contributed by atoms with van der Waals surface area (Å²) in [6.45, 7) is 15.0. The quantitative estimate of drug-likeness (QED) is 0.572. The van der Waals surface area contributed by atoms with Gasteiger partial charge in [0.1, 0.15) is 0 Å². The molecule has 0 aromatic carbocycles. The van der Waals surface area contributed by atoms with Crippen LogP contribution in [0.4, 0.5) is 0 Å². The first kappa shape index (κ1) is 15.4. The monoisotopic (exact) mass is 264 g/mol. The van der Waals surface area contributed by atoms with Crippen LogP contribution in [0, 0.1) is 47.3 Å². The van der Waals surface area contributed by atoms with Crippen LogP contribution in [0.5, 0.6) is 0 Å². The van der Waals surface area contributed by atoms with Gasteiger partial charge in [-0.25, -0.2) is 0 Å². The second-order valence-electron chi connectivity index (χ2n) is 8.57. The maximum Gasteiger partial charge on any atom is -0.0381 e. The van der Waals surface area contributed by atoms with Crippen molar-refractivity contribution in [3.63, 3.8) is 0 Å². The van der Waals surface area contributed by atoms with Crippen LogP contribution in [0.25, 0.3) is 0 Å². The van der Waals surface area contributed by atoms with Gasteiger partial charge in [0.25, 0.3) is 0 Å². The molecule has 2 rings (SSSR count). The fourth-order valence-electron chi connectivity index (χ4n) is 5.12. The van der Waals surface area contributed by atoms with Crippen molar-refractivity contribution in [1.82, 2.24) is 0 Å². The van der Waals surface area contributed by atoms with Gasteiger partial charge in [-0.3, -0.25) is 0 Å². The van der Waals surface area contributed by atoms with Crippen LogP contribution < -0.4 is 0 Å². The Kier molecular flexibility index (Phi) is 5.01. The summed E-state index contributed by atoms with van der Waals surface area (Å²) in [5, 5.41) is 0. The van der Waals surface area contributed by atoms with Crippen molar-refractivity contribution in [2.24, 2.45) is 47.3 Å². The van der Waals surface area contributed by atoms with Crippen LogP contribution in [0.3, 0.4) is 0 Å². The molecule has 0 aliphatic heterocycles. The summed E-state index contributed by atoms with van der Waals surface area (Å²) in [7, 11) is 0. The van der Waals surface area contributed by atoms with Crippen molar-refractivity contribution in [3.05, 3.63) is 0 Å². The number of hydrogen-bond acceptors (Lipinski definition) is 0. The van der Waals surface area contributed by atoms with Gasteiger partial charge in [-0.15, -0.1) is 0 Å². The van der Waals surface area contributed by atoms with Gasteiger partial charge in [-0.1, -0.05) is 41.5 Å². The minimum absolute atomic E-state index is 0.948. The van der Waals surface area contributed by atoms with E-state index in [0.717, 1.165) is 47.3 Å². The zero-order valence-corrected chi connectivity index (χ0v) is 14.2. The Morgan fingerprint density at radius 3 is 1.89 bits per heavy atom. The lowest BCUT2D eigenvalue weighted by Gasteiger charge is -2.43. The van der Waals surface area contributed by atoms with Gasteiger partial charge in [0.05, 0.1) is 0 Å². The van der Waals surface area contributed by atoms with E-state index in [4.69, 9.17) is 0 Å². The van der Waals surface area contributed by atoms with Crippen LogP contribution in [-0.2, 0) is 0 Å². The minimum Gasteiger partial charge on any atom is -0.0625 e. The Bertz CT molecular complexity index is 282. The summed E-state index contributed by atoms with van der Waals surface area (Å²) in [6, 6.07) is 0. The summed E-state index contributed by atoms with van der Waals surface area (Å²) >= 11 is 0. The van der Waals surface area contributed by atoms with Crippen LogP contribution >= 0.6 is 0 Å². The highest BCUT2D eigenvalue weighted by Gasteiger charge is 2.36. The average molecular weight is 264 g/mol. The summed E-state index contributed by atoms with van der Waals surface area (Å²) in [5.41, 5.74) is 0. The molecule has 2 saturated carbocycles. The van der Waals surface area contributed by atoms with Gasteiger partial charge >= 0.3 is 0 Å². The van der Waals surface area contributed by atoms with Crippen molar-refractivity contribution < 1.29 is 0 Å². The van der Waals surface area contributed by atoms with E-state index in [-0.39, 0.29) is 0 Å². The van der Waals surface area contributed by atoms with Gasteiger partial charge in [0.2, 0.25) is 0 Å². The Morgan fingerprint density at radius 1 is 0.579 bits per heavy atom. The van der Waals surface area contributed by atoms with E-state index in [9.17, 15) is 0 Å². The smallest absolute Gasteiger partial charge is 0.0381 e. The highest BCUT2D eigenvalue weighted by Crippen LogP contribution is 2.46. The molecule has 8 unspecified atom stereocenters. The molecule has 0 saturated heterocycles. The average Bonchev–Trinajstić information content (AvgIpc) is 2.32. The molecule has 0 heterocycles. The first-order valence-electron chi connectivity index (χ1n) is 8.88. The molecule has 0 N–H and O–H groups in total. The largest absolute Gasteiger partial charge is 0.0625 e. The van der Waals surface area contributed by atoms with Crippen molar-refractivity contribution in [1.29, 1.82) is 0 Å². The maximum atomic E-state index is 2.53. The zero-order valence-electron chi connectivity index (χ0n) is 14.2. The van der Waals surface area contributed by atoms with Gasteiger partial charge in [-0.05, 0) is 79.4 Å². The number of rotatable bonds is 2. The normalized spacial score (nSPS) is 52.1. The molecule has 0 amide bonds. The fraction of sp³-hybridized carbons (Fsp3) is 1.00. The molecule has 0 bridgehead atoms. The first-order valence-corrected chi connectivity index (χ1v) is 8.88. The predicted octanol–water partition coefficient (Wildman–Crippen LogP) is 6.01. The van der Waals surface area contributed by atoms with Crippen molar-refractivity contribution in [2.75, 3.05) is 0 Å². The molecule has 2 aliphatic rings. The third kappa shape index (κ3) is 3.56. The molecule has 0 spiro atoms. The van der Waals surface area contributed by atoms with E-state index in [1.54, 1.807) is 0 Å². The van der Waals surface area contributed by atoms with Crippen LogP contribution in [0.15, 0.2) is 0 Å². The highest BCUT2D eigenvalue weighted by atomic mass is 14.4. The molecule has 2 aliphatic carbocycles. The van der Waals surface area contributed by atoms with Crippen LogP contribution in [0.2, 0.25) is 0 Å². The van der Waals surface area contributed by atoms with E-state index in [1.165, 1.54) is 32.1 Å². The van der Waals surface area contributed by atoms with Crippen LogP contribution in [0.1, 0.15) is 73.6 Å². The second kappa shape index (κ2) is 6.19. The Labute approximate surface area is 121 Å². The lowest BCUT2D eigenvalue weighted by Crippen LogP contribution is -2.34. The Balaban J connectivity index is 1.95. The third-order valence-electron chi connectivity index (χ3n) is 6.92. The predicted molar refractivity (Wildman–Crippen MR) is 85.0 cm³/mol. The molecule has 0 heteroatoms. The summed E-state index contributed by atoms with van der Waals surface area (Å²) < 4.78 is 0. The summed E-state index contributed by atoms with van der Waals surface area (Å²) in [4.78, 5) is 0. The first-order chi connectivity index (χ1) is 8.88. The zero-order chi connectivity index (χ0) is 14.2. The Morgan fingerprint density at radius 2 is 1.21 bits per heavy atom. The van der Waals surface area contributed by atoms with Crippen molar-refractivity contribution >= 4 is 0 Å². The maximum absolute atomic E-state index is 2.53. The molecule has 0 aromatic rings. The van der Waals surface area contributed by atoms with Crippen molar-refractivity contribution in [3.8, 4) is 0 Å². The topological polar surface area (TPSA) is 0 Å². The van der Waals surface area contributed by atoms with E-state index < -0.39 is 0 Å². The summed E-state index contributed by atoms with van der Waals surface area (Å²) in [6.07, 6.45) is 7.45. The van der Waals surface area contributed by atoms with Gasteiger partial charge in [0, 0.05) is 0 Å². The van der Waals surface area contributed by atoms with Crippen molar-refractivity contribution in [2.45, 2.75) is 73.6 Å². The molecule has 8 atom stereocenters. The number of hydrogen-bond donors (Lipinski definition) is 0. The summed E-state index contributed by atoms with van der Waals surface area (Å²) in [5.74, 6) is 7.75. The van der Waals surface area contributed by atoms with E-state index in [0.29, 0.717) is 0 Å².